The highest BCUT2D eigenvalue weighted by Gasteiger charge is 2.33. The van der Waals surface area contributed by atoms with Gasteiger partial charge in [0.1, 0.15) is 11.5 Å². The molecule has 0 atom stereocenters. The Hall–Kier alpha value is -1.79. The van der Waals surface area contributed by atoms with Gasteiger partial charge < -0.3 is 14.8 Å². The van der Waals surface area contributed by atoms with E-state index in [9.17, 15) is 4.79 Å². The molecule has 3 rings (SSSR count). The zero-order valence-electron chi connectivity index (χ0n) is 13.8. The maximum absolute atomic E-state index is 11.4. The van der Waals surface area contributed by atoms with Gasteiger partial charge in [-0.05, 0) is 32.9 Å². The molecule has 0 radical (unpaired) electrons. The Kier molecular flexibility index (Phi) is 4.69. The fourth-order valence-electron chi connectivity index (χ4n) is 2.71. The molecule has 0 saturated carbocycles. The summed E-state index contributed by atoms with van der Waals surface area (Å²) in [7, 11) is 0. The fourth-order valence-corrected chi connectivity index (χ4v) is 3.51. The van der Waals surface area contributed by atoms with Crippen molar-refractivity contribution in [3.8, 4) is 22.8 Å². The number of anilines is 1. The van der Waals surface area contributed by atoms with Crippen molar-refractivity contribution >= 4 is 34.0 Å². The maximum Gasteiger partial charge on any atom is 0.241 e. The Labute approximate surface area is 150 Å². The number of nitrogens with zero attached hydrogens (tertiary/aromatic N) is 1. The van der Waals surface area contributed by atoms with Crippen LogP contribution in [0.25, 0.3) is 11.3 Å². The van der Waals surface area contributed by atoms with Gasteiger partial charge in [0.25, 0.3) is 0 Å². The lowest BCUT2D eigenvalue weighted by atomic mass is 9.99. The third kappa shape index (κ3) is 3.49. The van der Waals surface area contributed by atoms with Crippen LogP contribution >= 0.6 is 22.9 Å². The summed E-state index contributed by atoms with van der Waals surface area (Å²) in [6.45, 7) is 6.63. The van der Waals surface area contributed by atoms with Crippen molar-refractivity contribution in [1.29, 1.82) is 0 Å². The molecule has 1 aliphatic rings. The van der Waals surface area contributed by atoms with Crippen LogP contribution in [0.5, 0.6) is 11.5 Å². The smallest absolute Gasteiger partial charge is 0.241 e. The Morgan fingerprint density at radius 2 is 2.29 bits per heavy atom. The second kappa shape index (κ2) is 6.61. The fraction of sp³-hybridized carbons (Fsp3) is 0.412. The van der Waals surface area contributed by atoms with Gasteiger partial charge in [-0.2, -0.15) is 0 Å². The summed E-state index contributed by atoms with van der Waals surface area (Å²) in [5, 5.41) is 5.11. The second-order valence-corrected chi connectivity index (χ2v) is 7.28. The van der Waals surface area contributed by atoms with Crippen LogP contribution in [0.2, 0.25) is 0 Å². The molecule has 2 heterocycles. The van der Waals surface area contributed by atoms with E-state index in [0.29, 0.717) is 11.7 Å². The molecule has 0 spiro atoms. The standard InChI is InChI=1S/C17H19ClN2O3S/c1-4-22-13-6-10(5-11-7-17(2,3)23-15(11)13)12-9-24-16(19-12)20-14(21)8-18/h5-6,9H,4,7-8H2,1-3H3,(H,19,20,21). The van der Waals surface area contributed by atoms with Crippen molar-refractivity contribution in [1.82, 2.24) is 4.98 Å². The molecule has 1 N–H and O–H groups in total. The first-order chi connectivity index (χ1) is 11.4. The summed E-state index contributed by atoms with van der Waals surface area (Å²) in [6, 6.07) is 4.01. The maximum atomic E-state index is 11.4. The van der Waals surface area contributed by atoms with Crippen LogP contribution in [0, 0.1) is 0 Å². The molecule has 1 aliphatic heterocycles. The van der Waals surface area contributed by atoms with Gasteiger partial charge in [0, 0.05) is 22.9 Å². The van der Waals surface area contributed by atoms with E-state index in [4.69, 9.17) is 21.1 Å². The van der Waals surface area contributed by atoms with Gasteiger partial charge in [0.15, 0.2) is 16.6 Å². The lowest BCUT2D eigenvalue weighted by Crippen LogP contribution is -2.24. The molecule has 2 aromatic rings. The Morgan fingerprint density at radius 3 is 3.00 bits per heavy atom. The lowest BCUT2D eigenvalue weighted by molar-refractivity contribution is -0.113. The topological polar surface area (TPSA) is 60.5 Å². The molecule has 128 valence electrons. The van der Waals surface area contributed by atoms with E-state index in [1.54, 1.807) is 0 Å². The van der Waals surface area contributed by atoms with E-state index in [1.165, 1.54) is 11.3 Å². The van der Waals surface area contributed by atoms with Gasteiger partial charge in [-0.1, -0.05) is 0 Å². The van der Waals surface area contributed by atoms with Gasteiger partial charge in [-0.25, -0.2) is 4.98 Å². The summed E-state index contributed by atoms with van der Waals surface area (Å²) in [4.78, 5) is 15.8. The number of aromatic nitrogens is 1. The first-order valence-electron chi connectivity index (χ1n) is 7.72. The summed E-state index contributed by atoms with van der Waals surface area (Å²) >= 11 is 6.87. The minimum atomic E-state index is -0.267. The summed E-state index contributed by atoms with van der Waals surface area (Å²) in [5.41, 5.74) is 2.61. The summed E-state index contributed by atoms with van der Waals surface area (Å²) in [6.07, 6.45) is 0.816. The monoisotopic (exact) mass is 366 g/mol. The number of ether oxygens (including phenoxy) is 2. The zero-order chi connectivity index (χ0) is 17.3. The molecule has 0 saturated heterocycles. The first-order valence-corrected chi connectivity index (χ1v) is 9.13. The molecule has 5 nitrogen and oxygen atoms in total. The Bertz CT molecular complexity index is 773. The highest BCUT2D eigenvalue weighted by Crippen LogP contribution is 2.44. The third-order valence-electron chi connectivity index (χ3n) is 3.59. The molecule has 0 unspecified atom stereocenters. The van der Waals surface area contributed by atoms with Crippen LogP contribution in [-0.4, -0.2) is 29.0 Å². The number of nitrogens with one attached hydrogen (secondary N) is 1. The number of hydrogen-bond acceptors (Lipinski definition) is 5. The molecule has 1 aromatic heterocycles. The van der Waals surface area contributed by atoms with Crippen molar-refractivity contribution in [3.63, 3.8) is 0 Å². The number of hydrogen-bond donors (Lipinski definition) is 1. The number of benzene rings is 1. The molecule has 0 fully saturated rings. The minimum absolute atomic E-state index is 0.0886. The average molecular weight is 367 g/mol. The summed E-state index contributed by atoms with van der Waals surface area (Å²) in [5.74, 6) is 1.19. The number of carbonyl (C=O) groups is 1. The van der Waals surface area contributed by atoms with Crippen LogP contribution in [0.15, 0.2) is 17.5 Å². The van der Waals surface area contributed by atoms with Crippen LogP contribution in [-0.2, 0) is 11.2 Å². The number of carbonyl (C=O) groups excluding carboxylic acids is 1. The quantitative estimate of drug-likeness (QED) is 0.809. The van der Waals surface area contributed by atoms with Crippen LogP contribution in [0.1, 0.15) is 26.3 Å². The van der Waals surface area contributed by atoms with E-state index in [0.717, 1.165) is 34.7 Å². The van der Waals surface area contributed by atoms with Crippen molar-refractivity contribution in [2.75, 3.05) is 17.8 Å². The van der Waals surface area contributed by atoms with Crippen molar-refractivity contribution in [3.05, 3.63) is 23.1 Å². The number of halogens is 1. The van der Waals surface area contributed by atoms with E-state index >= 15 is 0 Å². The SMILES string of the molecule is CCOc1cc(-c2csc(NC(=O)CCl)n2)cc2c1OC(C)(C)C2. The molecule has 24 heavy (non-hydrogen) atoms. The van der Waals surface area contributed by atoms with Crippen molar-refractivity contribution in [2.45, 2.75) is 32.8 Å². The van der Waals surface area contributed by atoms with Crippen LogP contribution in [0.3, 0.4) is 0 Å². The minimum Gasteiger partial charge on any atom is -0.490 e. The molecular formula is C17H19ClN2O3S. The van der Waals surface area contributed by atoms with Gasteiger partial charge in [-0.3, -0.25) is 4.79 Å². The molecule has 1 aromatic carbocycles. The van der Waals surface area contributed by atoms with E-state index in [2.05, 4.69) is 30.2 Å². The average Bonchev–Trinajstić information content (AvgIpc) is 3.10. The van der Waals surface area contributed by atoms with E-state index < -0.39 is 0 Å². The number of amides is 1. The number of alkyl halides is 1. The molecule has 1 amide bonds. The number of fused-ring (bicyclic) bond motifs is 1. The van der Waals surface area contributed by atoms with Gasteiger partial charge >= 0.3 is 0 Å². The predicted octanol–water partition coefficient (Wildman–Crippen LogP) is 4.10. The molecule has 0 bridgehead atoms. The van der Waals surface area contributed by atoms with E-state index in [-0.39, 0.29) is 17.4 Å². The largest absolute Gasteiger partial charge is 0.490 e. The normalized spacial score (nSPS) is 14.8. The first kappa shape index (κ1) is 17.0. The van der Waals surface area contributed by atoms with Crippen LogP contribution in [0.4, 0.5) is 5.13 Å². The molecule has 7 heteroatoms. The number of thiazole rings is 1. The second-order valence-electron chi connectivity index (χ2n) is 6.15. The zero-order valence-corrected chi connectivity index (χ0v) is 15.4. The Balaban J connectivity index is 1.95. The van der Waals surface area contributed by atoms with E-state index in [1.807, 2.05) is 18.4 Å². The number of rotatable bonds is 5. The molecule has 0 aliphatic carbocycles. The van der Waals surface area contributed by atoms with Crippen molar-refractivity contribution in [2.24, 2.45) is 0 Å². The lowest BCUT2D eigenvalue weighted by Gasteiger charge is -2.18. The highest BCUT2D eigenvalue weighted by atomic mass is 35.5. The van der Waals surface area contributed by atoms with Gasteiger partial charge in [0.2, 0.25) is 5.91 Å². The van der Waals surface area contributed by atoms with Crippen LogP contribution < -0.4 is 14.8 Å². The van der Waals surface area contributed by atoms with Crippen molar-refractivity contribution < 1.29 is 14.3 Å². The highest BCUT2D eigenvalue weighted by molar-refractivity contribution is 7.14. The summed E-state index contributed by atoms with van der Waals surface area (Å²) < 4.78 is 11.8. The van der Waals surface area contributed by atoms with Gasteiger partial charge in [0.05, 0.1) is 12.3 Å². The predicted molar refractivity (Wildman–Crippen MR) is 96.5 cm³/mol. The van der Waals surface area contributed by atoms with Gasteiger partial charge in [-0.15, -0.1) is 22.9 Å². The Morgan fingerprint density at radius 1 is 1.50 bits per heavy atom. The molecular weight excluding hydrogens is 348 g/mol. The third-order valence-corrected chi connectivity index (χ3v) is 4.59.